The number of aromatic nitrogens is 1. The molecule has 0 aliphatic heterocycles. The molecular weight excluding hydrogens is 250 g/mol. The molecule has 0 atom stereocenters. The van der Waals surface area contributed by atoms with Crippen molar-refractivity contribution in [1.29, 1.82) is 0 Å². The molecule has 2 rings (SSSR count). The third kappa shape index (κ3) is 3.11. The van der Waals surface area contributed by atoms with E-state index in [4.69, 9.17) is 19.1 Å². The van der Waals surface area contributed by atoms with E-state index < -0.39 is 5.97 Å². The molecule has 1 N–H and O–H groups in total. The SMILES string of the molecule is COCCOc1ccccc1-c1cc(C(=O)O)no1. The van der Waals surface area contributed by atoms with Gasteiger partial charge in [0.25, 0.3) is 0 Å². The number of aromatic carboxylic acids is 1. The van der Waals surface area contributed by atoms with Crippen LogP contribution in [0.3, 0.4) is 0 Å². The van der Waals surface area contributed by atoms with Crippen LogP contribution in [0.15, 0.2) is 34.9 Å². The van der Waals surface area contributed by atoms with Gasteiger partial charge in [-0.05, 0) is 12.1 Å². The summed E-state index contributed by atoms with van der Waals surface area (Å²) in [5.41, 5.74) is 0.514. The molecule has 6 nitrogen and oxygen atoms in total. The topological polar surface area (TPSA) is 81.8 Å². The predicted molar refractivity (Wildman–Crippen MR) is 66.3 cm³/mol. The molecule has 19 heavy (non-hydrogen) atoms. The number of para-hydroxylation sites is 1. The van der Waals surface area contributed by atoms with E-state index in [-0.39, 0.29) is 5.69 Å². The number of carbonyl (C=O) groups is 1. The molecule has 0 saturated carbocycles. The highest BCUT2D eigenvalue weighted by molar-refractivity contribution is 5.86. The number of methoxy groups -OCH3 is 1. The number of ether oxygens (including phenoxy) is 2. The molecule has 2 aromatic rings. The summed E-state index contributed by atoms with van der Waals surface area (Å²) in [5.74, 6) is -0.189. The van der Waals surface area contributed by atoms with E-state index in [1.54, 1.807) is 19.2 Å². The van der Waals surface area contributed by atoms with Gasteiger partial charge in [-0.15, -0.1) is 0 Å². The molecule has 0 bridgehead atoms. The van der Waals surface area contributed by atoms with E-state index in [2.05, 4.69) is 5.16 Å². The maximum Gasteiger partial charge on any atom is 0.358 e. The van der Waals surface area contributed by atoms with Crippen LogP contribution in [-0.2, 0) is 4.74 Å². The zero-order valence-electron chi connectivity index (χ0n) is 10.3. The van der Waals surface area contributed by atoms with Gasteiger partial charge in [-0.2, -0.15) is 0 Å². The fraction of sp³-hybridized carbons (Fsp3) is 0.231. The second-order valence-corrected chi connectivity index (χ2v) is 3.72. The lowest BCUT2D eigenvalue weighted by atomic mass is 10.1. The first-order valence-corrected chi connectivity index (χ1v) is 5.63. The van der Waals surface area contributed by atoms with Crippen LogP contribution in [0.4, 0.5) is 0 Å². The number of rotatable bonds is 6. The third-order valence-electron chi connectivity index (χ3n) is 2.43. The summed E-state index contributed by atoms with van der Waals surface area (Å²) in [6.45, 7) is 0.860. The number of carboxylic acid groups (broad SMARTS) is 1. The number of hydrogen-bond acceptors (Lipinski definition) is 5. The summed E-state index contributed by atoms with van der Waals surface area (Å²) in [4.78, 5) is 10.8. The summed E-state index contributed by atoms with van der Waals surface area (Å²) < 4.78 is 15.5. The average molecular weight is 263 g/mol. The van der Waals surface area contributed by atoms with Crippen LogP contribution in [-0.4, -0.2) is 36.6 Å². The quantitative estimate of drug-likeness (QED) is 0.803. The van der Waals surface area contributed by atoms with Gasteiger partial charge < -0.3 is 19.1 Å². The van der Waals surface area contributed by atoms with E-state index in [0.29, 0.717) is 30.3 Å². The Labute approximate surface area is 109 Å². The number of nitrogens with zero attached hydrogens (tertiary/aromatic N) is 1. The Morgan fingerprint density at radius 3 is 2.84 bits per heavy atom. The van der Waals surface area contributed by atoms with Gasteiger partial charge in [0.15, 0.2) is 11.5 Å². The molecule has 100 valence electrons. The van der Waals surface area contributed by atoms with Gasteiger partial charge >= 0.3 is 5.97 Å². The van der Waals surface area contributed by atoms with Gasteiger partial charge in [0, 0.05) is 13.2 Å². The minimum Gasteiger partial charge on any atom is -0.490 e. The Bertz CT molecular complexity index is 564. The zero-order valence-corrected chi connectivity index (χ0v) is 10.3. The maximum atomic E-state index is 10.8. The molecule has 0 amide bonds. The number of benzene rings is 1. The zero-order chi connectivity index (χ0) is 13.7. The monoisotopic (exact) mass is 263 g/mol. The van der Waals surface area contributed by atoms with Crippen molar-refractivity contribution in [2.45, 2.75) is 0 Å². The molecule has 1 heterocycles. The lowest BCUT2D eigenvalue weighted by Gasteiger charge is -2.08. The summed E-state index contributed by atoms with van der Waals surface area (Å²) in [7, 11) is 1.59. The van der Waals surface area contributed by atoms with Crippen LogP contribution in [0.2, 0.25) is 0 Å². The van der Waals surface area contributed by atoms with E-state index in [9.17, 15) is 4.79 Å². The Kier molecular flexibility index (Phi) is 4.15. The van der Waals surface area contributed by atoms with Crippen molar-refractivity contribution >= 4 is 5.97 Å². The fourth-order valence-corrected chi connectivity index (χ4v) is 1.53. The molecule has 1 aromatic carbocycles. The molecule has 0 radical (unpaired) electrons. The van der Waals surface area contributed by atoms with E-state index in [1.807, 2.05) is 12.1 Å². The highest BCUT2D eigenvalue weighted by Crippen LogP contribution is 2.30. The van der Waals surface area contributed by atoms with E-state index in [1.165, 1.54) is 6.07 Å². The Morgan fingerprint density at radius 2 is 2.16 bits per heavy atom. The molecule has 1 aromatic heterocycles. The Morgan fingerprint density at radius 1 is 1.37 bits per heavy atom. The van der Waals surface area contributed by atoms with Gasteiger partial charge in [0.2, 0.25) is 0 Å². The standard InChI is InChI=1S/C13H13NO5/c1-17-6-7-18-11-5-3-2-4-9(11)12-8-10(13(15)16)14-19-12/h2-5,8H,6-7H2,1H3,(H,15,16). The summed E-state index contributed by atoms with van der Waals surface area (Å²) in [5, 5.41) is 12.3. The van der Waals surface area contributed by atoms with Crippen LogP contribution in [0.25, 0.3) is 11.3 Å². The molecule has 0 aliphatic rings. The van der Waals surface area contributed by atoms with Crippen LogP contribution in [0.5, 0.6) is 5.75 Å². The van der Waals surface area contributed by atoms with Gasteiger partial charge in [0.1, 0.15) is 12.4 Å². The minimum atomic E-state index is -1.13. The van der Waals surface area contributed by atoms with Gasteiger partial charge in [-0.3, -0.25) is 0 Å². The second-order valence-electron chi connectivity index (χ2n) is 3.72. The lowest BCUT2D eigenvalue weighted by molar-refractivity contribution is 0.0686. The lowest BCUT2D eigenvalue weighted by Crippen LogP contribution is -2.04. The molecule has 0 unspecified atom stereocenters. The molecule has 6 heteroatoms. The summed E-state index contributed by atoms with van der Waals surface area (Å²) in [6, 6.07) is 8.53. The first kappa shape index (κ1) is 13.1. The molecule has 0 aliphatic carbocycles. The largest absolute Gasteiger partial charge is 0.490 e. The summed E-state index contributed by atoms with van der Waals surface area (Å²) in [6.07, 6.45) is 0. The Hall–Kier alpha value is -2.34. The molecule has 0 fully saturated rings. The molecule has 0 saturated heterocycles. The van der Waals surface area contributed by atoms with Gasteiger partial charge in [0.05, 0.1) is 12.2 Å². The van der Waals surface area contributed by atoms with Crippen molar-refractivity contribution in [3.8, 4) is 17.1 Å². The predicted octanol–water partition coefficient (Wildman–Crippen LogP) is 2.06. The van der Waals surface area contributed by atoms with Gasteiger partial charge in [-0.1, -0.05) is 17.3 Å². The molecular formula is C13H13NO5. The minimum absolute atomic E-state index is 0.137. The van der Waals surface area contributed by atoms with Crippen LogP contribution in [0.1, 0.15) is 10.5 Å². The smallest absolute Gasteiger partial charge is 0.358 e. The number of carboxylic acids is 1. The van der Waals surface area contributed by atoms with Crippen LogP contribution < -0.4 is 4.74 Å². The maximum absolute atomic E-state index is 10.8. The van der Waals surface area contributed by atoms with Crippen molar-refractivity contribution in [3.05, 3.63) is 36.0 Å². The fourth-order valence-electron chi connectivity index (χ4n) is 1.53. The van der Waals surface area contributed by atoms with Crippen molar-refractivity contribution in [2.75, 3.05) is 20.3 Å². The van der Waals surface area contributed by atoms with Crippen molar-refractivity contribution in [3.63, 3.8) is 0 Å². The third-order valence-corrected chi connectivity index (χ3v) is 2.43. The van der Waals surface area contributed by atoms with Crippen molar-refractivity contribution in [1.82, 2.24) is 5.16 Å². The van der Waals surface area contributed by atoms with Gasteiger partial charge in [-0.25, -0.2) is 4.79 Å². The van der Waals surface area contributed by atoms with Crippen LogP contribution >= 0.6 is 0 Å². The Balaban J connectivity index is 2.25. The van der Waals surface area contributed by atoms with Crippen LogP contribution in [0, 0.1) is 0 Å². The normalized spacial score (nSPS) is 10.4. The van der Waals surface area contributed by atoms with E-state index >= 15 is 0 Å². The second kappa shape index (κ2) is 6.01. The number of hydrogen-bond donors (Lipinski definition) is 1. The van der Waals surface area contributed by atoms with Crippen molar-refractivity contribution in [2.24, 2.45) is 0 Å². The average Bonchev–Trinajstić information content (AvgIpc) is 2.89. The summed E-state index contributed by atoms with van der Waals surface area (Å²) >= 11 is 0. The van der Waals surface area contributed by atoms with E-state index in [0.717, 1.165) is 0 Å². The first-order chi connectivity index (χ1) is 9.22. The molecule has 0 spiro atoms. The highest BCUT2D eigenvalue weighted by atomic mass is 16.5. The first-order valence-electron chi connectivity index (χ1n) is 5.63. The van der Waals surface area contributed by atoms with Crippen molar-refractivity contribution < 1.29 is 23.9 Å². The highest BCUT2D eigenvalue weighted by Gasteiger charge is 2.15.